The second kappa shape index (κ2) is 8.64. The molecule has 1 amide bonds. The minimum absolute atomic E-state index is 0.0222. The van der Waals surface area contributed by atoms with Gasteiger partial charge in [0, 0.05) is 24.4 Å². The standard InChI is InChI=1S/C27H35N3O3/c1-17(2)32-24-8-6-20(15-28-24)19-5-7-22-21(13-19)14-27(3,4)25(22)29-26(31)33-23-16-30-11-9-18(23)10-12-30/h5-8,13,15,17-18,23,25H,9-12,14,16H2,1-4H3,(H,29,31)/t23-,25?/m1/s1. The molecule has 3 fully saturated rings. The summed E-state index contributed by atoms with van der Waals surface area (Å²) in [6, 6.07) is 10.4. The molecule has 4 aliphatic rings. The Bertz CT molecular complexity index is 1010. The Morgan fingerprint density at radius 3 is 2.55 bits per heavy atom. The van der Waals surface area contributed by atoms with Gasteiger partial charge in [-0.1, -0.05) is 32.0 Å². The molecule has 6 nitrogen and oxygen atoms in total. The van der Waals surface area contributed by atoms with Crippen molar-refractivity contribution in [3.63, 3.8) is 0 Å². The van der Waals surface area contributed by atoms with E-state index in [-0.39, 0.29) is 29.8 Å². The van der Waals surface area contributed by atoms with Gasteiger partial charge in [0.1, 0.15) is 6.10 Å². The lowest BCUT2D eigenvalue weighted by atomic mass is 9.85. The number of pyridine rings is 1. The molecule has 1 aromatic carbocycles. The summed E-state index contributed by atoms with van der Waals surface area (Å²) in [6.07, 6.45) is 4.88. The molecule has 1 N–H and O–H groups in total. The van der Waals surface area contributed by atoms with Crippen LogP contribution in [0.15, 0.2) is 36.5 Å². The molecule has 0 saturated carbocycles. The monoisotopic (exact) mass is 449 g/mol. The minimum Gasteiger partial charge on any atom is -0.475 e. The number of benzene rings is 1. The van der Waals surface area contributed by atoms with Crippen LogP contribution in [0.1, 0.15) is 57.7 Å². The van der Waals surface area contributed by atoms with Gasteiger partial charge in [-0.3, -0.25) is 4.90 Å². The molecule has 3 aliphatic heterocycles. The fraction of sp³-hybridized carbons (Fsp3) is 0.556. The van der Waals surface area contributed by atoms with E-state index in [4.69, 9.17) is 9.47 Å². The molecule has 33 heavy (non-hydrogen) atoms. The second-order valence-corrected chi connectivity index (χ2v) is 10.8. The lowest BCUT2D eigenvalue weighted by Crippen LogP contribution is -2.53. The molecular weight excluding hydrogens is 414 g/mol. The number of amides is 1. The van der Waals surface area contributed by atoms with Gasteiger partial charge in [0.05, 0.1) is 12.1 Å². The van der Waals surface area contributed by atoms with Gasteiger partial charge >= 0.3 is 6.09 Å². The largest absolute Gasteiger partial charge is 0.475 e. The van der Waals surface area contributed by atoms with E-state index in [0.29, 0.717) is 11.8 Å². The summed E-state index contributed by atoms with van der Waals surface area (Å²) < 4.78 is 11.6. The van der Waals surface area contributed by atoms with Crippen LogP contribution >= 0.6 is 0 Å². The maximum atomic E-state index is 12.9. The molecule has 4 heterocycles. The predicted octanol–water partition coefficient (Wildman–Crippen LogP) is 4.98. The van der Waals surface area contributed by atoms with Crippen molar-refractivity contribution in [1.29, 1.82) is 0 Å². The average Bonchev–Trinajstić information content (AvgIpc) is 3.03. The third kappa shape index (κ3) is 4.58. The molecule has 6 heteroatoms. The number of carbonyl (C=O) groups is 1. The molecule has 0 radical (unpaired) electrons. The topological polar surface area (TPSA) is 63.7 Å². The van der Waals surface area contributed by atoms with Gasteiger partial charge in [0.2, 0.25) is 5.88 Å². The summed E-state index contributed by atoms with van der Waals surface area (Å²) >= 11 is 0. The third-order valence-electron chi connectivity index (χ3n) is 7.42. The van der Waals surface area contributed by atoms with Gasteiger partial charge in [-0.25, -0.2) is 9.78 Å². The number of rotatable bonds is 5. The molecule has 1 aromatic heterocycles. The number of alkyl carbamates (subject to hydrolysis) is 1. The summed E-state index contributed by atoms with van der Waals surface area (Å²) in [5.41, 5.74) is 4.56. The zero-order chi connectivity index (χ0) is 23.2. The summed E-state index contributed by atoms with van der Waals surface area (Å²) in [5, 5.41) is 3.21. The van der Waals surface area contributed by atoms with Crippen LogP contribution in [0.2, 0.25) is 0 Å². The van der Waals surface area contributed by atoms with Crippen LogP contribution in [-0.2, 0) is 11.2 Å². The molecule has 2 atom stereocenters. The lowest BCUT2D eigenvalue weighted by molar-refractivity contribution is -0.0348. The van der Waals surface area contributed by atoms with Gasteiger partial charge in [-0.05, 0) is 80.3 Å². The summed E-state index contributed by atoms with van der Waals surface area (Å²) in [4.78, 5) is 19.7. The van der Waals surface area contributed by atoms with Crippen LogP contribution in [0.4, 0.5) is 4.79 Å². The highest BCUT2D eigenvalue weighted by molar-refractivity contribution is 5.70. The van der Waals surface area contributed by atoms with Crippen molar-refractivity contribution in [2.75, 3.05) is 19.6 Å². The molecule has 1 unspecified atom stereocenters. The number of aromatic nitrogens is 1. The quantitative estimate of drug-likeness (QED) is 0.698. The van der Waals surface area contributed by atoms with Gasteiger partial charge in [0.15, 0.2) is 0 Å². The molecule has 1 aliphatic carbocycles. The average molecular weight is 450 g/mol. The predicted molar refractivity (Wildman–Crippen MR) is 128 cm³/mol. The van der Waals surface area contributed by atoms with Crippen molar-refractivity contribution < 1.29 is 14.3 Å². The van der Waals surface area contributed by atoms with Gasteiger partial charge < -0.3 is 14.8 Å². The first-order valence-electron chi connectivity index (χ1n) is 12.2. The maximum absolute atomic E-state index is 12.9. The van der Waals surface area contributed by atoms with Crippen molar-refractivity contribution in [2.45, 2.75) is 65.2 Å². The van der Waals surface area contributed by atoms with Crippen molar-refractivity contribution in [2.24, 2.45) is 11.3 Å². The molecular formula is C27H35N3O3. The molecule has 176 valence electrons. The molecule has 0 spiro atoms. The first-order chi connectivity index (χ1) is 15.8. The maximum Gasteiger partial charge on any atom is 0.407 e. The lowest BCUT2D eigenvalue weighted by Gasteiger charge is -2.44. The number of fused-ring (bicyclic) bond motifs is 4. The van der Waals surface area contributed by atoms with Crippen molar-refractivity contribution in [3.05, 3.63) is 47.7 Å². The molecule has 6 rings (SSSR count). The number of ether oxygens (including phenoxy) is 2. The zero-order valence-electron chi connectivity index (χ0n) is 20.1. The molecule has 2 bridgehead atoms. The van der Waals surface area contributed by atoms with E-state index in [1.165, 1.54) is 11.1 Å². The Kier molecular flexibility index (Phi) is 5.81. The van der Waals surface area contributed by atoms with Crippen molar-refractivity contribution in [3.8, 4) is 17.0 Å². The Balaban J connectivity index is 1.29. The second-order valence-electron chi connectivity index (χ2n) is 10.8. The van der Waals surface area contributed by atoms with Crippen molar-refractivity contribution in [1.82, 2.24) is 15.2 Å². The number of nitrogens with one attached hydrogen (secondary N) is 1. The van der Waals surface area contributed by atoms with E-state index >= 15 is 0 Å². The van der Waals surface area contributed by atoms with E-state index in [0.717, 1.165) is 50.0 Å². The number of nitrogens with zero attached hydrogens (tertiary/aromatic N) is 2. The summed E-state index contributed by atoms with van der Waals surface area (Å²) in [6.45, 7) is 11.6. The van der Waals surface area contributed by atoms with E-state index in [2.05, 4.69) is 47.2 Å². The van der Waals surface area contributed by atoms with Crippen LogP contribution in [0.25, 0.3) is 11.1 Å². The first kappa shape index (κ1) is 22.2. The highest BCUT2D eigenvalue weighted by atomic mass is 16.6. The smallest absolute Gasteiger partial charge is 0.407 e. The Morgan fingerprint density at radius 1 is 1.15 bits per heavy atom. The minimum atomic E-state index is -0.284. The fourth-order valence-electron chi connectivity index (χ4n) is 5.70. The molecule has 3 saturated heterocycles. The number of piperidine rings is 3. The van der Waals surface area contributed by atoms with Crippen LogP contribution in [0, 0.1) is 11.3 Å². The molecule has 2 aromatic rings. The Labute approximate surface area is 196 Å². The van der Waals surface area contributed by atoms with Crippen LogP contribution < -0.4 is 10.1 Å². The van der Waals surface area contributed by atoms with Gasteiger partial charge in [0.25, 0.3) is 0 Å². The van der Waals surface area contributed by atoms with E-state index < -0.39 is 0 Å². The van der Waals surface area contributed by atoms with Gasteiger partial charge in [-0.2, -0.15) is 0 Å². The summed E-state index contributed by atoms with van der Waals surface area (Å²) in [5.74, 6) is 1.15. The first-order valence-corrected chi connectivity index (χ1v) is 12.2. The summed E-state index contributed by atoms with van der Waals surface area (Å²) in [7, 11) is 0. The highest BCUT2D eigenvalue weighted by Gasteiger charge is 2.42. The SMILES string of the molecule is CC(C)Oc1ccc(-c2ccc3c(c2)CC(C)(C)C3NC(=O)O[C@@H]2CN3CCC2CC3)cn1. The number of hydrogen-bond acceptors (Lipinski definition) is 5. The third-order valence-corrected chi connectivity index (χ3v) is 7.42. The number of hydrogen-bond donors (Lipinski definition) is 1. The van der Waals surface area contributed by atoms with E-state index in [1.54, 1.807) is 0 Å². The van der Waals surface area contributed by atoms with Crippen LogP contribution in [0.5, 0.6) is 5.88 Å². The number of carbonyl (C=O) groups excluding carboxylic acids is 1. The van der Waals surface area contributed by atoms with E-state index in [9.17, 15) is 4.79 Å². The van der Waals surface area contributed by atoms with Gasteiger partial charge in [-0.15, -0.1) is 0 Å². The van der Waals surface area contributed by atoms with Crippen molar-refractivity contribution >= 4 is 6.09 Å². The Morgan fingerprint density at radius 2 is 1.91 bits per heavy atom. The van der Waals surface area contributed by atoms with E-state index in [1.807, 2.05) is 32.2 Å². The van der Waals surface area contributed by atoms with Crippen LogP contribution in [0.3, 0.4) is 0 Å². The fourth-order valence-corrected chi connectivity index (χ4v) is 5.70. The Hall–Kier alpha value is -2.60. The highest BCUT2D eigenvalue weighted by Crippen LogP contribution is 2.46. The zero-order valence-corrected chi connectivity index (χ0v) is 20.1. The normalized spacial score (nSPS) is 27.3. The van der Waals surface area contributed by atoms with Crippen LogP contribution in [-0.4, -0.2) is 47.8 Å².